The Morgan fingerprint density at radius 3 is 2.48 bits per heavy atom. The Hall–Kier alpha value is -2.40. The van der Waals surface area contributed by atoms with Crippen molar-refractivity contribution >= 4 is 11.6 Å². The van der Waals surface area contributed by atoms with Gasteiger partial charge in [0, 0.05) is 50.1 Å². The van der Waals surface area contributed by atoms with Crippen molar-refractivity contribution in [2.24, 2.45) is 5.92 Å². The normalized spacial score (nSPS) is 18.7. The number of aromatic nitrogens is 1. The maximum absolute atomic E-state index is 12.9. The van der Waals surface area contributed by atoms with Crippen LogP contribution in [0.15, 0.2) is 48.7 Å². The standard InChI is InChI=1S/C24H32N4O/c1-19(2)18-27-12-14-28(15-13-27)21-8-11-25-22(16-21)23(29)26-24(9-10-24)17-20-6-4-3-5-7-20/h3-8,11,16,19H,9-10,12-15,17-18H2,1-2H3,(H,26,29). The van der Waals surface area contributed by atoms with Crippen LogP contribution >= 0.6 is 0 Å². The van der Waals surface area contributed by atoms with Crippen LogP contribution in [-0.2, 0) is 6.42 Å². The van der Waals surface area contributed by atoms with Crippen LogP contribution in [0.3, 0.4) is 0 Å². The van der Waals surface area contributed by atoms with Crippen molar-refractivity contribution in [2.45, 2.75) is 38.6 Å². The molecule has 154 valence electrons. The Bertz CT molecular complexity index is 824. The van der Waals surface area contributed by atoms with Crippen LogP contribution < -0.4 is 10.2 Å². The summed E-state index contributed by atoms with van der Waals surface area (Å²) in [6.07, 6.45) is 4.72. The number of anilines is 1. The van der Waals surface area contributed by atoms with Crippen LogP contribution in [0.5, 0.6) is 0 Å². The molecule has 5 nitrogen and oxygen atoms in total. The molecular formula is C24H32N4O. The molecule has 1 aliphatic heterocycles. The van der Waals surface area contributed by atoms with Gasteiger partial charge in [-0.25, -0.2) is 0 Å². The molecular weight excluding hydrogens is 360 g/mol. The van der Waals surface area contributed by atoms with Gasteiger partial charge in [-0.3, -0.25) is 14.7 Å². The van der Waals surface area contributed by atoms with E-state index in [4.69, 9.17) is 0 Å². The molecule has 29 heavy (non-hydrogen) atoms. The maximum atomic E-state index is 12.9. The largest absolute Gasteiger partial charge is 0.369 e. The second kappa shape index (κ2) is 8.54. The number of amides is 1. The summed E-state index contributed by atoms with van der Waals surface area (Å²) in [6, 6.07) is 14.4. The molecule has 0 spiro atoms. The molecule has 0 unspecified atom stereocenters. The fourth-order valence-electron chi connectivity index (χ4n) is 4.23. The van der Waals surface area contributed by atoms with Crippen molar-refractivity contribution in [1.29, 1.82) is 0 Å². The molecule has 2 heterocycles. The molecule has 1 saturated carbocycles. The van der Waals surface area contributed by atoms with Crippen LogP contribution in [0, 0.1) is 5.92 Å². The predicted octanol–water partition coefficient (Wildman–Crippen LogP) is 3.36. The molecule has 2 fully saturated rings. The molecule has 1 aliphatic carbocycles. The molecule has 1 aromatic carbocycles. The van der Waals surface area contributed by atoms with Crippen LogP contribution in [0.4, 0.5) is 5.69 Å². The SMILES string of the molecule is CC(C)CN1CCN(c2ccnc(C(=O)NC3(Cc4ccccc4)CC3)c2)CC1. The lowest BCUT2D eigenvalue weighted by Gasteiger charge is -2.36. The number of pyridine rings is 1. The highest BCUT2D eigenvalue weighted by Gasteiger charge is 2.44. The van der Waals surface area contributed by atoms with E-state index in [0.29, 0.717) is 11.6 Å². The lowest BCUT2D eigenvalue weighted by molar-refractivity contribution is 0.0926. The summed E-state index contributed by atoms with van der Waals surface area (Å²) in [5.41, 5.74) is 2.79. The summed E-state index contributed by atoms with van der Waals surface area (Å²) in [6.45, 7) is 9.83. The Kier molecular flexibility index (Phi) is 5.86. The van der Waals surface area contributed by atoms with Crippen LogP contribution in [0.2, 0.25) is 0 Å². The number of piperazine rings is 1. The van der Waals surface area contributed by atoms with Gasteiger partial charge in [0.15, 0.2) is 0 Å². The summed E-state index contributed by atoms with van der Waals surface area (Å²) in [4.78, 5) is 22.1. The molecule has 1 amide bonds. The number of nitrogens with one attached hydrogen (secondary N) is 1. The zero-order valence-corrected chi connectivity index (χ0v) is 17.6. The van der Waals surface area contributed by atoms with Crippen molar-refractivity contribution in [1.82, 2.24) is 15.2 Å². The predicted molar refractivity (Wildman–Crippen MR) is 117 cm³/mol. The Morgan fingerprint density at radius 2 is 1.83 bits per heavy atom. The second-order valence-corrected chi connectivity index (χ2v) is 8.98. The Labute approximate surface area is 174 Å². The number of hydrogen-bond acceptors (Lipinski definition) is 4. The lowest BCUT2D eigenvalue weighted by Crippen LogP contribution is -2.47. The number of rotatable bonds is 7. The van der Waals surface area contributed by atoms with Crippen molar-refractivity contribution in [3.05, 3.63) is 59.9 Å². The van der Waals surface area contributed by atoms with Crippen molar-refractivity contribution < 1.29 is 4.79 Å². The summed E-state index contributed by atoms with van der Waals surface area (Å²) in [5, 5.41) is 3.26. The van der Waals surface area contributed by atoms with Crippen LogP contribution in [-0.4, -0.2) is 54.1 Å². The van der Waals surface area contributed by atoms with E-state index in [-0.39, 0.29) is 11.4 Å². The van der Waals surface area contributed by atoms with Crippen molar-refractivity contribution in [3.8, 4) is 0 Å². The minimum Gasteiger partial charge on any atom is -0.369 e. The zero-order valence-electron chi connectivity index (χ0n) is 17.6. The maximum Gasteiger partial charge on any atom is 0.270 e. The molecule has 0 bridgehead atoms. The fraction of sp³-hybridized carbons (Fsp3) is 0.500. The zero-order chi connectivity index (χ0) is 20.3. The van der Waals surface area contributed by atoms with Gasteiger partial charge in [-0.05, 0) is 42.9 Å². The summed E-state index contributed by atoms with van der Waals surface area (Å²) >= 11 is 0. The van der Waals surface area contributed by atoms with E-state index < -0.39 is 0 Å². The van der Waals surface area contributed by atoms with E-state index in [9.17, 15) is 4.79 Å². The first-order chi connectivity index (χ1) is 14.0. The highest BCUT2D eigenvalue weighted by atomic mass is 16.2. The molecule has 4 rings (SSSR count). The van der Waals surface area contributed by atoms with E-state index in [1.54, 1.807) is 6.20 Å². The molecule has 1 saturated heterocycles. The smallest absolute Gasteiger partial charge is 0.270 e. The Morgan fingerprint density at radius 1 is 1.10 bits per heavy atom. The average Bonchev–Trinajstić information content (AvgIpc) is 3.47. The van der Waals surface area contributed by atoms with Gasteiger partial charge in [-0.2, -0.15) is 0 Å². The van der Waals surface area contributed by atoms with Crippen LogP contribution in [0.25, 0.3) is 0 Å². The number of benzene rings is 1. The van der Waals surface area contributed by atoms with E-state index >= 15 is 0 Å². The molecule has 5 heteroatoms. The first-order valence-corrected chi connectivity index (χ1v) is 10.8. The monoisotopic (exact) mass is 392 g/mol. The van der Waals surface area contributed by atoms with Gasteiger partial charge in [0.1, 0.15) is 5.69 Å². The topological polar surface area (TPSA) is 48.5 Å². The number of hydrogen-bond donors (Lipinski definition) is 1. The molecule has 2 aromatic rings. The van der Waals surface area contributed by atoms with Gasteiger partial charge in [0.25, 0.3) is 5.91 Å². The first kappa shape index (κ1) is 19.9. The van der Waals surface area contributed by atoms with E-state index in [0.717, 1.165) is 57.7 Å². The van der Waals surface area contributed by atoms with E-state index in [1.807, 2.05) is 18.2 Å². The van der Waals surface area contributed by atoms with E-state index in [2.05, 4.69) is 58.2 Å². The molecule has 0 atom stereocenters. The minimum absolute atomic E-state index is 0.0567. The first-order valence-electron chi connectivity index (χ1n) is 10.8. The van der Waals surface area contributed by atoms with E-state index in [1.165, 1.54) is 5.56 Å². The lowest BCUT2D eigenvalue weighted by atomic mass is 10.0. The summed E-state index contributed by atoms with van der Waals surface area (Å²) in [7, 11) is 0. The molecule has 2 aliphatic rings. The minimum atomic E-state index is -0.0986. The average molecular weight is 393 g/mol. The second-order valence-electron chi connectivity index (χ2n) is 8.98. The number of carbonyl (C=O) groups excluding carboxylic acids is 1. The van der Waals surface area contributed by atoms with Crippen molar-refractivity contribution in [2.75, 3.05) is 37.6 Å². The van der Waals surface area contributed by atoms with Gasteiger partial charge >= 0.3 is 0 Å². The summed E-state index contributed by atoms with van der Waals surface area (Å²) in [5.74, 6) is 0.641. The molecule has 1 aromatic heterocycles. The van der Waals surface area contributed by atoms with Gasteiger partial charge in [-0.15, -0.1) is 0 Å². The molecule has 1 N–H and O–H groups in total. The third kappa shape index (κ3) is 5.15. The number of carbonyl (C=O) groups is 1. The summed E-state index contributed by atoms with van der Waals surface area (Å²) < 4.78 is 0. The molecule has 0 radical (unpaired) electrons. The van der Waals surface area contributed by atoms with Gasteiger partial charge < -0.3 is 10.2 Å². The third-order valence-corrected chi connectivity index (χ3v) is 5.95. The van der Waals surface area contributed by atoms with Gasteiger partial charge in [-0.1, -0.05) is 44.2 Å². The van der Waals surface area contributed by atoms with Gasteiger partial charge in [0.2, 0.25) is 0 Å². The van der Waals surface area contributed by atoms with Crippen LogP contribution in [0.1, 0.15) is 42.7 Å². The fourth-order valence-corrected chi connectivity index (χ4v) is 4.23. The Balaban J connectivity index is 1.37. The number of nitrogens with zero attached hydrogens (tertiary/aromatic N) is 3. The third-order valence-electron chi connectivity index (χ3n) is 5.95. The highest BCUT2D eigenvalue weighted by molar-refractivity contribution is 5.94. The highest BCUT2D eigenvalue weighted by Crippen LogP contribution is 2.38. The quantitative estimate of drug-likeness (QED) is 0.785. The van der Waals surface area contributed by atoms with Crippen molar-refractivity contribution in [3.63, 3.8) is 0 Å². The van der Waals surface area contributed by atoms with Gasteiger partial charge in [0.05, 0.1) is 0 Å².